The number of nitrogens with one attached hydrogen (secondary N) is 1. The maximum absolute atomic E-state index is 13.2. The molecule has 88 valence electrons. The predicted molar refractivity (Wildman–Crippen MR) is 61.5 cm³/mol. The number of rotatable bonds is 2. The number of ether oxygens (including phenoxy) is 1. The van der Waals surface area contributed by atoms with E-state index in [1.54, 1.807) is 6.07 Å². The van der Waals surface area contributed by atoms with Crippen LogP contribution in [-0.2, 0) is 0 Å². The molecule has 0 fully saturated rings. The number of hydrogen-bond donors (Lipinski definition) is 1. The molecular formula is C12H11FN2O2. The third-order valence-electron chi connectivity index (χ3n) is 2.47. The van der Waals surface area contributed by atoms with Gasteiger partial charge in [0.15, 0.2) is 0 Å². The minimum absolute atomic E-state index is 0.0844. The van der Waals surface area contributed by atoms with Gasteiger partial charge in [-0.25, -0.2) is 9.37 Å². The predicted octanol–water partition coefficient (Wildman–Crippen LogP) is 1.89. The number of benzene rings is 1. The Morgan fingerprint density at radius 3 is 2.88 bits per heavy atom. The molecule has 5 heteroatoms. The van der Waals surface area contributed by atoms with Gasteiger partial charge in [0.05, 0.1) is 13.4 Å². The van der Waals surface area contributed by atoms with E-state index in [1.807, 2.05) is 6.92 Å². The quantitative estimate of drug-likeness (QED) is 0.863. The third kappa shape index (κ3) is 2.04. The van der Waals surface area contributed by atoms with Gasteiger partial charge in [-0.3, -0.25) is 4.79 Å². The van der Waals surface area contributed by atoms with E-state index in [4.69, 9.17) is 4.74 Å². The topological polar surface area (TPSA) is 55.0 Å². The molecule has 4 nitrogen and oxygen atoms in total. The molecule has 2 rings (SSSR count). The van der Waals surface area contributed by atoms with Crippen LogP contribution in [0.5, 0.6) is 5.75 Å². The average molecular weight is 234 g/mol. The van der Waals surface area contributed by atoms with E-state index in [0.717, 1.165) is 5.56 Å². The molecule has 0 bridgehead atoms. The molecule has 17 heavy (non-hydrogen) atoms. The van der Waals surface area contributed by atoms with Crippen LogP contribution in [0.2, 0.25) is 0 Å². The highest BCUT2D eigenvalue weighted by molar-refractivity contribution is 5.68. The van der Waals surface area contributed by atoms with Crippen LogP contribution in [0.15, 0.2) is 29.3 Å². The monoisotopic (exact) mass is 234 g/mol. The summed E-state index contributed by atoms with van der Waals surface area (Å²) in [6.45, 7) is 1.82. The Morgan fingerprint density at radius 2 is 2.18 bits per heavy atom. The molecular weight excluding hydrogens is 223 g/mol. The summed E-state index contributed by atoms with van der Waals surface area (Å²) in [6.07, 6.45) is 1.27. The lowest BCUT2D eigenvalue weighted by Crippen LogP contribution is -2.11. The molecule has 0 aliphatic carbocycles. The Kier molecular flexibility index (Phi) is 2.91. The molecule has 0 amide bonds. The highest BCUT2D eigenvalue weighted by atomic mass is 19.1. The van der Waals surface area contributed by atoms with Crippen LogP contribution >= 0.6 is 0 Å². The third-order valence-corrected chi connectivity index (χ3v) is 2.47. The van der Waals surface area contributed by atoms with Crippen molar-refractivity contribution in [1.82, 2.24) is 9.97 Å². The lowest BCUT2D eigenvalue weighted by molar-refractivity contribution is 0.408. The standard InChI is InChI=1S/C12H11FN2O2/c1-7-3-4-8(13)5-9(7)10-11(17-2)12(16)15-6-14-10/h3-6H,1-2H3,(H,14,15,16). The molecule has 0 atom stereocenters. The zero-order valence-corrected chi connectivity index (χ0v) is 9.45. The Hall–Kier alpha value is -2.17. The number of aryl methyl sites for hydroxylation is 1. The van der Waals surface area contributed by atoms with Gasteiger partial charge in [-0.1, -0.05) is 6.07 Å². The fraction of sp³-hybridized carbons (Fsp3) is 0.167. The molecule has 0 unspecified atom stereocenters. The minimum atomic E-state index is -0.388. The highest BCUT2D eigenvalue weighted by Gasteiger charge is 2.13. The summed E-state index contributed by atoms with van der Waals surface area (Å²) in [5.74, 6) is -0.295. The zero-order chi connectivity index (χ0) is 12.4. The maximum atomic E-state index is 13.2. The van der Waals surface area contributed by atoms with Gasteiger partial charge in [0, 0.05) is 5.56 Å². The fourth-order valence-corrected chi connectivity index (χ4v) is 1.62. The van der Waals surface area contributed by atoms with Gasteiger partial charge < -0.3 is 9.72 Å². The molecule has 1 aromatic heterocycles. The fourth-order valence-electron chi connectivity index (χ4n) is 1.62. The van der Waals surface area contributed by atoms with Crippen LogP contribution in [0.3, 0.4) is 0 Å². The van der Waals surface area contributed by atoms with E-state index in [0.29, 0.717) is 11.3 Å². The number of hydrogen-bond acceptors (Lipinski definition) is 3. The molecule has 0 radical (unpaired) electrons. The lowest BCUT2D eigenvalue weighted by atomic mass is 10.0. The smallest absolute Gasteiger partial charge is 0.293 e. The summed E-state index contributed by atoms with van der Waals surface area (Å²) in [6, 6.07) is 4.32. The summed E-state index contributed by atoms with van der Waals surface area (Å²) in [7, 11) is 1.38. The molecule has 0 aliphatic heterocycles. The molecule has 1 heterocycles. The molecule has 1 N–H and O–H groups in total. The normalized spacial score (nSPS) is 10.3. The Bertz CT molecular complexity index is 608. The Labute approximate surface area is 97.1 Å². The number of aromatic nitrogens is 2. The van der Waals surface area contributed by atoms with E-state index in [1.165, 1.54) is 25.6 Å². The van der Waals surface area contributed by atoms with Crippen LogP contribution in [0.1, 0.15) is 5.56 Å². The van der Waals surface area contributed by atoms with Gasteiger partial charge in [-0.2, -0.15) is 0 Å². The summed E-state index contributed by atoms with van der Waals surface area (Å²) >= 11 is 0. The summed E-state index contributed by atoms with van der Waals surface area (Å²) < 4.78 is 18.2. The van der Waals surface area contributed by atoms with E-state index in [9.17, 15) is 9.18 Å². The summed E-state index contributed by atoms with van der Waals surface area (Å²) in [5.41, 5.74) is 1.32. The second-order valence-corrected chi connectivity index (χ2v) is 3.57. The Morgan fingerprint density at radius 1 is 1.41 bits per heavy atom. The summed E-state index contributed by atoms with van der Waals surface area (Å²) in [5, 5.41) is 0. The van der Waals surface area contributed by atoms with Gasteiger partial charge in [-0.05, 0) is 24.6 Å². The van der Waals surface area contributed by atoms with Crippen molar-refractivity contribution in [3.63, 3.8) is 0 Å². The van der Waals surface area contributed by atoms with Crippen LogP contribution in [0.25, 0.3) is 11.3 Å². The SMILES string of the molecule is COc1c(-c2cc(F)ccc2C)nc[nH]c1=O. The van der Waals surface area contributed by atoms with Crippen molar-refractivity contribution in [2.24, 2.45) is 0 Å². The first-order chi connectivity index (χ1) is 8.13. The van der Waals surface area contributed by atoms with Crippen LogP contribution in [0, 0.1) is 12.7 Å². The van der Waals surface area contributed by atoms with Crippen molar-refractivity contribution in [2.45, 2.75) is 6.92 Å². The average Bonchev–Trinajstić information content (AvgIpc) is 2.32. The first kappa shape index (κ1) is 11.3. The number of nitrogens with zero attached hydrogens (tertiary/aromatic N) is 1. The highest BCUT2D eigenvalue weighted by Crippen LogP contribution is 2.27. The van der Waals surface area contributed by atoms with Gasteiger partial charge in [0.2, 0.25) is 5.75 Å². The van der Waals surface area contributed by atoms with E-state index in [2.05, 4.69) is 9.97 Å². The molecule has 0 saturated carbocycles. The second kappa shape index (κ2) is 4.37. The van der Waals surface area contributed by atoms with Gasteiger partial charge in [0.25, 0.3) is 5.56 Å². The lowest BCUT2D eigenvalue weighted by Gasteiger charge is -2.08. The molecule has 0 spiro atoms. The van der Waals surface area contributed by atoms with Crippen LogP contribution in [-0.4, -0.2) is 17.1 Å². The number of H-pyrrole nitrogens is 1. The Balaban J connectivity index is 2.72. The van der Waals surface area contributed by atoms with Gasteiger partial charge in [0.1, 0.15) is 11.5 Å². The van der Waals surface area contributed by atoms with Crippen molar-refractivity contribution >= 4 is 0 Å². The number of aromatic amines is 1. The molecule has 0 saturated heterocycles. The van der Waals surface area contributed by atoms with Crippen molar-refractivity contribution in [3.8, 4) is 17.0 Å². The molecule has 1 aromatic carbocycles. The molecule has 2 aromatic rings. The van der Waals surface area contributed by atoms with Crippen molar-refractivity contribution in [3.05, 3.63) is 46.3 Å². The van der Waals surface area contributed by atoms with Crippen LogP contribution in [0.4, 0.5) is 4.39 Å². The van der Waals surface area contributed by atoms with E-state index < -0.39 is 0 Å². The number of methoxy groups -OCH3 is 1. The van der Waals surface area contributed by atoms with Gasteiger partial charge >= 0.3 is 0 Å². The van der Waals surface area contributed by atoms with E-state index in [-0.39, 0.29) is 17.1 Å². The largest absolute Gasteiger partial charge is 0.490 e. The first-order valence-electron chi connectivity index (χ1n) is 5.01. The number of halogens is 1. The first-order valence-corrected chi connectivity index (χ1v) is 5.01. The van der Waals surface area contributed by atoms with Crippen LogP contribution < -0.4 is 10.3 Å². The second-order valence-electron chi connectivity index (χ2n) is 3.57. The zero-order valence-electron chi connectivity index (χ0n) is 9.45. The maximum Gasteiger partial charge on any atom is 0.293 e. The minimum Gasteiger partial charge on any atom is -0.490 e. The summed E-state index contributed by atoms with van der Waals surface area (Å²) in [4.78, 5) is 18.0. The molecule has 0 aliphatic rings. The van der Waals surface area contributed by atoms with E-state index >= 15 is 0 Å². The van der Waals surface area contributed by atoms with Crippen molar-refractivity contribution in [2.75, 3.05) is 7.11 Å². The van der Waals surface area contributed by atoms with Crippen molar-refractivity contribution in [1.29, 1.82) is 0 Å². The van der Waals surface area contributed by atoms with Crippen molar-refractivity contribution < 1.29 is 9.13 Å². The van der Waals surface area contributed by atoms with Gasteiger partial charge in [-0.15, -0.1) is 0 Å².